The molecule has 0 saturated carbocycles. The van der Waals surface area contributed by atoms with Crippen LogP contribution < -0.4 is 10.6 Å². The minimum Gasteiger partial charge on any atom is -0.481 e. The number of amides is 1. The highest BCUT2D eigenvalue weighted by atomic mass is 16.4. The predicted molar refractivity (Wildman–Crippen MR) is 165 cm³/mol. The van der Waals surface area contributed by atoms with E-state index in [1.807, 2.05) is 33.8 Å². The first-order chi connectivity index (χ1) is 20.4. The third-order valence-electron chi connectivity index (χ3n) is 9.71. The summed E-state index contributed by atoms with van der Waals surface area (Å²) in [6.45, 7) is 12.0. The average molecular weight is 595 g/mol. The van der Waals surface area contributed by atoms with Gasteiger partial charge < -0.3 is 25.6 Å². The Labute approximate surface area is 253 Å². The van der Waals surface area contributed by atoms with Gasteiger partial charge in [-0.1, -0.05) is 27.2 Å². The second-order valence-electron chi connectivity index (χ2n) is 12.2. The molecule has 6 N–H and O–H groups in total. The lowest BCUT2D eigenvalue weighted by atomic mass is 9.86. The van der Waals surface area contributed by atoms with Crippen molar-refractivity contribution in [1.29, 1.82) is 0 Å². The van der Waals surface area contributed by atoms with Crippen molar-refractivity contribution in [3.8, 4) is 0 Å². The Morgan fingerprint density at radius 1 is 0.977 bits per heavy atom. The molecule has 0 bridgehead atoms. The molecule has 10 heteroatoms. The number of carboxylic acids is 2. The molecule has 10 nitrogen and oxygen atoms in total. The summed E-state index contributed by atoms with van der Waals surface area (Å²) in [7, 11) is 0. The van der Waals surface area contributed by atoms with Crippen LogP contribution in [0.3, 0.4) is 0 Å². The van der Waals surface area contributed by atoms with E-state index in [4.69, 9.17) is 4.99 Å². The van der Waals surface area contributed by atoms with Crippen molar-refractivity contribution in [1.82, 2.24) is 15.6 Å². The molecular formula is C33H46N4O6. The molecule has 1 amide bonds. The Morgan fingerprint density at radius 3 is 2.26 bits per heavy atom. The van der Waals surface area contributed by atoms with Gasteiger partial charge in [-0.25, -0.2) is 0 Å². The fraction of sp³-hybridized carbons (Fsp3) is 0.576. The van der Waals surface area contributed by atoms with Gasteiger partial charge >= 0.3 is 11.9 Å². The van der Waals surface area contributed by atoms with Crippen molar-refractivity contribution in [3.63, 3.8) is 0 Å². The lowest BCUT2D eigenvalue weighted by Crippen LogP contribution is -2.33. The van der Waals surface area contributed by atoms with Gasteiger partial charge in [0.25, 0.3) is 5.91 Å². The zero-order valence-corrected chi connectivity index (χ0v) is 26.1. The van der Waals surface area contributed by atoms with Crippen LogP contribution in [0, 0.1) is 18.8 Å². The topological polar surface area (TPSA) is 164 Å². The maximum absolute atomic E-state index is 12.4. The van der Waals surface area contributed by atoms with Crippen LogP contribution in [0.4, 0.5) is 0 Å². The summed E-state index contributed by atoms with van der Waals surface area (Å²) >= 11 is 0. The van der Waals surface area contributed by atoms with Gasteiger partial charge in [0.15, 0.2) is 0 Å². The summed E-state index contributed by atoms with van der Waals surface area (Å²) in [5.74, 6) is -1.40. The number of carbonyl (C=O) groups excluding carboxylic acids is 1. The lowest BCUT2D eigenvalue weighted by Gasteiger charge is -2.20. The Morgan fingerprint density at radius 2 is 1.65 bits per heavy atom. The van der Waals surface area contributed by atoms with E-state index in [0.717, 1.165) is 56.9 Å². The van der Waals surface area contributed by atoms with Crippen molar-refractivity contribution < 1.29 is 29.7 Å². The number of aliphatic carboxylic acids is 2. The first kappa shape index (κ1) is 32.4. The highest BCUT2D eigenvalue weighted by Gasteiger charge is 2.39. The van der Waals surface area contributed by atoms with Crippen LogP contribution in [0.1, 0.15) is 89.2 Å². The monoisotopic (exact) mass is 594 g/mol. The molecule has 1 aromatic heterocycles. The maximum atomic E-state index is 12.4. The first-order valence-corrected chi connectivity index (χ1v) is 15.4. The van der Waals surface area contributed by atoms with Gasteiger partial charge in [-0.2, -0.15) is 0 Å². The molecule has 4 rings (SSSR count). The summed E-state index contributed by atoms with van der Waals surface area (Å²) in [5.41, 5.74) is 8.84. The van der Waals surface area contributed by atoms with Crippen molar-refractivity contribution >= 4 is 23.6 Å². The number of carbonyl (C=O) groups is 3. The van der Waals surface area contributed by atoms with Crippen LogP contribution in [0.2, 0.25) is 0 Å². The number of aromatic nitrogens is 1. The number of hydrogen-bond acceptors (Lipinski definition) is 6. The zero-order chi connectivity index (χ0) is 31.6. The summed E-state index contributed by atoms with van der Waals surface area (Å²) in [5, 5.41) is 35.7. The quantitative estimate of drug-likeness (QED) is 0.200. The van der Waals surface area contributed by atoms with Gasteiger partial charge in [0.05, 0.1) is 11.8 Å². The number of H-pyrrole nitrogens is 1. The number of aliphatic hydroxyl groups excluding tert-OH is 1. The van der Waals surface area contributed by atoms with E-state index >= 15 is 0 Å². The van der Waals surface area contributed by atoms with Crippen LogP contribution in [-0.2, 0) is 33.6 Å². The molecule has 1 aromatic rings. The molecule has 5 atom stereocenters. The predicted octanol–water partition coefficient (Wildman–Crippen LogP) is 4.12. The summed E-state index contributed by atoms with van der Waals surface area (Å²) in [6, 6.07) is -0.225. The largest absolute Gasteiger partial charge is 0.481 e. The number of aromatic amines is 1. The third kappa shape index (κ3) is 6.86. The van der Waals surface area contributed by atoms with Crippen LogP contribution in [0.15, 0.2) is 39.1 Å². The molecule has 1 saturated heterocycles. The molecule has 0 spiro atoms. The molecule has 3 aliphatic heterocycles. The molecule has 0 aliphatic carbocycles. The first-order valence-electron chi connectivity index (χ1n) is 15.4. The average Bonchev–Trinajstić information content (AvgIpc) is 3.59. The number of hydrogen-bond donors (Lipinski definition) is 6. The van der Waals surface area contributed by atoms with Gasteiger partial charge in [-0.15, -0.1) is 0 Å². The van der Waals surface area contributed by atoms with Crippen LogP contribution in [0.5, 0.6) is 0 Å². The minimum atomic E-state index is -0.883. The van der Waals surface area contributed by atoms with Crippen molar-refractivity contribution in [2.75, 3.05) is 0 Å². The van der Waals surface area contributed by atoms with Gasteiger partial charge in [-0.05, 0) is 85.8 Å². The standard InChI is InChI=1S/C33H46N4O6/c1-7-20-19(6)32(42)37-27(20)14-25-18(5)23(10-12-31(40)41)29(35-25)15-28-22(9-11-30(38)39)17(4)24(34-28)13-26-16(3)21(8-2)33(43)36-26/h13,19-20,27-28,32,35,37,42H,7-12,14-15H2,1-6H3,(H,36,43)(H,38,39)(H,40,41)/b26-13-/t19-,20-,27?,28?,32?/m1/s1. The second kappa shape index (κ2) is 13.4. The summed E-state index contributed by atoms with van der Waals surface area (Å²) in [4.78, 5) is 44.2. The molecule has 3 unspecified atom stereocenters. The number of aliphatic imine (C=N–C) groups is 1. The zero-order valence-electron chi connectivity index (χ0n) is 26.1. The fourth-order valence-electron chi connectivity index (χ4n) is 7.08. The third-order valence-corrected chi connectivity index (χ3v) is 9.71. The molecule has 1 fully saturated rings. The molecule has 234 valence electrons. The number of rotatable bonds is 13. The van der Waals surface area contributed by atoms with Crippen LogP contribution in [0.25, 0.3) is 0 Å². The SMILES string of the molecule is CCC1=C(C)/C(=C/C2=NC(Cc3[nH]c(CC4NC(O)[C@H](C)[C@H]4CC)c(C)c3CCC(=O)O)C(CCC(=O)O)=C2C)NC1=O. The van der Waals surface area contributed by atoms with Crippen molar-refractivity contribution in [2.24, 2.45) is 16.8 Å². The normalized spacial score (nSPS) is 26.6. The van der Waals surface area contributed by atoms with E-state index in [2.05, 4.69) is 29.5 Å². The van der Waals surface area contributed by atoms with Crippen LogP contribution >= 0.6 is 0 Å². The van der Waals surface area contributed by atoms with Crippen LogP contribution in [-0.4, -0.2) is 62.2 Å². The molecule has 0 radical (unpaired) electrons. The highest BCUT2D eigenvalue weighted by Crippen LogP contribution is 2.35. The second-order valence-corrected chi connectivity index (χ2v) is 12.2. The number of carboxylic acid groups (broad SMARTS) is 2. The molecule has 3 aliphatic rings. The lowest BCUT2D eigenvalue weighted by molar-refractivity contribution is -0.138. The number of nitrogens with zero attached hydrogens (tertiary/aromatic N) is 1. The fourth-order valence-corrected chi connectivity index (χ4v) is 7.08. The van der Waals surface area contributed by atoms with E-state index in [1.54, 1.807) is 0 Å². The minimum absolute atomic E-state index is 0.00274. The maximum Gasteiger partial charge on any atom is 0.303 e. The number of aliphatic hydroxyl groups is 1. The van der Waals surface area contributed by atoms with E-state index in [0.29, 0.717) is 43.7 Å². The Kier molecular flexibility index (Phi) is 10.1. The Balaban J connectivity index is 1.69. The van der Waals surface area contributed by atoms with E-state index in [-0.39, 0.29) is 36.8 Å². The molecular weight excluding hydrogens is 548 g/mol. The van der Waals surface area contributed by atoms with Gasteiger partial charge in [0.1, 0.15) is 6.23 Å². The Hall–Kier alpha value is -3.50. The summed E-state index contributed by atoms with van der Waals surface area (Å²) < 4.78 is 0. The van der Waals surface area contributed by atoms with Gasteiger partial charge in [-0.3, -0.25) is 24.7 Å². The highest BCUT2D eigenvalue weighted by molar-refractivity contribution is 6.12. The van der Waals surface area contributed by atoms with E-state index in [9.17, 15) is 29.7 Å². The molecule has 43 heavy (non-hydrogen) atoms. The summed E-state index contributed by atoms with van der Waals surface area (Å²) in [6.07, 6.45) is 4.75. The van der Waals surface area contributed by atoms with Crippen molar-refractivity contribution in [3.05, 3.63) is 56.6 Å². The Bertz CT molecular complexity index is 1410. The molecule has 0 aromatic carbocycles. The van der Waals surface area contributed by atoms with E-state index < -0.39 is 18.2 Å². The van der Waals surface area contributed by atoms with Crippen molar-refractivity contribution in [2.45, 2.75) is 111 Å². The van der Waals surface area contributed by atoms with E-state index in [1.165, 1.54) is 0 Å². The smallest absolute Gasteiger partial charge is 0.303 e. The van der Waals surface area contributed by atoms with Gasteiger partial charge in [0, 0.05) is 54.4 Å². The van der Waals surface area contributed by atoms with Gasteiger partial charge in [0.2, 0.25) is 0 Å². The number of allylic oxidation sites excluding steroid dienone is 3. The number of nitrogens with one attached hydrogen (secondary N) is 3. The molecule has 4 heterocycles.